The summed E-state index contributed by atoms with van der Waals surface area (Å²) in [6, 6.07) is 0.993. The molecule has 1 heterocycles. The smallest absolute Gasteiger partial charge is 0.381 e. The fourth-order valence-electron chi connectivity index (χ4n) is 2.35. The van der Waals surface area contributed by atoms with E-state index in [0.717, 1.165) is 18.2 Å². The minimum absolute atomic E-state index is 0.223. The van der Waals surface area contributed by atoms with Gasteiger partial charge in [-0.25, -0.2) is 13.6 Å². The molecule has 1 aliphatic rings. The molecular formula is C14H15F5N2O2. The molecule has 1 aromatic rings. The van der Waals surface area contributed by atoms with Crippen molar-refractivity contribution in [1.29, 1.82) is 0 Å². The van der Waals surface area contributed by atoms with Gasteiger partial charge in [-0.15, -0.1) is 0 Å². The number of benzene rings is 1. The van der Waals surface area contributed by atoms with Crippen LogP contribution in [0.4, 0.5) is 32.4 Å². The van der Waals surface area contributed by atoms with Crippen LogP contribution in [0.1, 0.15) is 12.8 Å². The topological polar surface area (TPSA) is 41.6 Å². The molecule has 9 heteroatoms. The Morgan fingerprint density at radius 1 is 1.22 bits per heavy atom. The third-order valence-electron chi connectivity index (χ3n) is 3.44. The molecule has 0 saturated carbocycles. The number of hydrogen-bond acceptors (Lipinski definition) is 2. The molecule has 1 aromatic carbocycles. The molecule has 2 rings (SSSR count). The minimum atomic E-state index is -4.62. The van der Waals surface area contributed by atoms with Crippen LogP contribution < -0.4 is 5.32 Å². The van der Waals surface area contributed by atoms with Crippen molar-refractivity contribution in [2.24, 2.45) is 0 Å². The number of carbonyl (C=O) groups is 1. The molecule has 1 N–H and O–H groups in total. The molecule has 0 aromatic heterocycles. The van der Waals surface area contributed by atoms with Gasteiger partial charge in [0.1, 0.15) is 23.9 Å². The summed E-state index contributed by atoms with van der Waals surface area (Å²) in [4.78, 5) is 12.7. The van der Waals surface area contributed by atoms with Crippen molar-refractivity contribution >= 4 is 11.7 Å². The first-order chi connectivity index (χ1) is 10.8. The predicted octanol–water partition coefficient (Wildman–Crippen LogP) is 3.54. The number of nitrogens with zero attached hydrogens (tertiary/aromatic N) is 1. The second-order valence-corrected chi connectivity index (χ2v) is 5.11. The number of hydrogen-bond donors (Lipinski definition) is 1. The van der Waals surface area contributed by atoms with Crippen molar-refractivity contribution in [1.82, 2.24) is 4.90 Å². The zero-order valence-corrected chi connectivity index (χ0v) is 12.0. The summed E-state index contributed by atoms with van der Waals surface area (Å²) < 4.78 is 70.3. The Bertz CT molecular complexity index is 538. The van der Waals surface area contributed by atoms with Gasteiger partial charge in [-0.3, -0.25) is 0 Å². The molecular weight excluding hydrogens is 323 g/mol. The van der Waals surface area contributed by atoms with Crippen molar-refractivity contribution in [3.8, 4) is 0 Å². The van der Waals surface area contributed by atoms with Gasteiger partial charge in [0.15, 0.2) is 0 Å². The lowest BCUT2D eigenvalue weighted by molar-refractivity contribution is -0.146. The van der Waals surface area contributed by atoms with Gasteiger partial charge in [-0.2, -0.15) is 13.2 Å². The maximum atomic E-state index is 13.5. The third kappa shape index (κ3) is 4.78. The van der Waals surface area contributed by atoms with E-state index in [-0.39, 0.29) is 26.1 Å². The summed E-state index contributed by atoms with van der Waals surface area (Å²) >= 11 is 0. The Labute approximate surface area is 129 Å². The van der Waals surface area contributed by atoms with Gasteiger partial charge >= 0.3 is 12.2 Å². The fourth-order valence-corrected chi connectivity index (χ4v) is 2.35. The number of para-hydroxylation sites is 1. The van der Waals surface area contributed by atoms with E-state index in [1.54, 1.807) is 0 Å². The lowest BCUT2D eigenvalue weighted by Gasteiger charge is -2.34. The largest absolute Gasteiger partial charge is 0.406 e. The lowest BCUT2D eigenvalue weighted by Crippen LogP contribution is -2.49. The van der Waals surface area contributed by atoms with Crippen molar-refractivity contribution in [3.05, 3.63) is 29.8 Å². The normalized spacial score (nSPS) is 16.2. The van der Waals surface area contributed by atoms with Crippen LogP contribution in [0.15, 0.2) is 18.2 Å². The highest BCUT2D eigenvalue weighted by Crippen LogP contribution is 2.24. The highest BCUT2D eigenvalue weighted by Gasteiger charge is 2.37. The first kappa shape index (κ1) is 17.5. The predicted molar refractivity (Wildman–Crippen MR) is 72.0 cm³/mol. The number of alkyl halides is 3. The van der Waals surface area contributed by atoms with Gasteiger partial charge in [-0.1, -0.05) is 6.07 Å². The third-order valence-corrected chi connectivity index (χ3v) is 3.44. The van der Waals surface area contributed by atoms with Gasteiger partial charge < -0.3 is 15.0 Å². The van der Waals surface area contributed by atoms with Crippen LogP contribution in [0.3, 0.4) is 0 Å². The van der Waals surface area contributed by atoms with Crippen molar-refractivity contribution in [2.75, 3.05) is 25.1 Å². The Balaban J connectivity index is 2.18. The number of rotatable bonds is 3. The van der Waals surface area contributed by atoms with Crippen molar-refractivity contribution < 1.29 is 31.5 Å². The summed E-state index contributed by atoms with van der Waals surface area (Å²) in [5, 5.41) is 1.89. The van der Waals surface area contributed by atoms with E-state index in [9.17, 15) is 26.7 Å². The molecule has 1 aliphatic heterocycles. The quantitative estimate of drug-likeness (QED) is 0.857. The number of nitrogens with one attached hydrogen (secondary N) is 1. The van der Waals surface area contributed by atoms with E-state index in [1.165, 1.54) is 0 Å². The average molecular weight is 338 g/mol. The summed E-state index contributed by atoms with van der Waals surface area (Å²) in [5.41, 5.74) is -0.767. The van der Waals surface area contributed by atoms with Crippen LogP contribution in [-0.4, -0.2) is 42.9 Å². The highest BCUT2D eigenvalue weighted by atomic mass is 19.4. The Hall–Kier alpha value is -1.90. The molecule has 0 radical (unpaired) electrons. The summed E-state index contributed by atoms with van der Waals surface area (Å²) in [6.07, 6.45) is -4.17. The number of halogens is 5. The minimum Gasteiger partial charge on any atom is -0.381 e. The molecule has 23 heavy (non-hydrogen) atoms. The summed E-state index contributed by atoms with van der Waals surface area (Å²) in [5.74, 6) is -2.12. The molecule has 0 bridgehead atoms. The second-order valence-electron chi connectivity index (χ2n) is 5.11. The Kier molecular flexibility index (Phi) is 5.40. The number of ether oxygens (including phenoxy) is 1. The molecule has 1 saturated heterocycles. The van der Waals surface area contributed by atoms with Crippen LogP contribution in [-0.2, 0) is 4.74 Å². The Morgan fingerprint density at radius 3 is 2.30 bits per heavy atom. The summed E-state index contributed by atoms with van der Waals surface area (Å²) in [6.45, 7) is -1.06. The molecule has 0 atom stereocenters. The zero-order valence-electron chi connectivity index (χ0n) is 12.0. The van der Waals surface area contributed by atoms with Crippen LogP contribution in [0.2, 0.25) is 0 Å². The van der Waals surface area contributed by atoms with Gasteiger partial charge in [0.2, 0.25) is 0 Å². The standard InChI is InChI=1S/C14H15F5N2O2/c15-10-2-1-3-11(16)12(10)20-13(22)21(8-14(17,18)19)9-4-6-23-7-5-9/h1-3,9H,4-8H2,(H,20,22). The van der Waals surface area contributed by atoms with Crippen LogP contribution in [0.5, 0.6) is 0 Å². The molecule has 4 nitrogen and oxygen atoms in total. The van der Waals surface area contributed by atoms with E-state index >= 15 is 0 Å². The Morgan fingerprint density at radius 2 is 1.78 bits per heavy atom. The van der Waals surface area contributed by atoms with Crippen LogP contribution in [0, 0.1) is 11.6 Å². The van der Waals surface area contributed by atoms with Crippen LogP contribution in [0.25, 0.3) is 0 Å². The number of amides is 2. The molecule has 0 spiro atoms. The number of urea groups is 1. The maximum Gasteiger partial charge on any atom is 0.406 e. The molecule has 128 valence electrons. The van der Waals surface area contributed by atoms with E-state index in [2.05, 4.69) is 0 Å². The first-order valence-electron chi connectivity index (χ1n) is 6.94. The highest BCUT2D eigenvalue weighted by molar-refractivity contribution is 5.89. The van der Waals surface area contributed by atoms with Gasteiger partial charge in [0.05, 0.1) is 0 Å². The molecule has 1 fully saturated rings. The van der Waals surface area contributed by atoms with Gasteiger partial charge in [-0.05, 0) is 25.0 Å². The molecule has 0 unspecified atom stereocenters. The monoisotopic (exact) mass is 338 g/mol. The zero-order chi connectivity index (χ0) is 17.0. The van der Waals surface area contributed by atoms with E-state index in [1.807, 2.05) is 5.32 Å². The average Bonchev–Trinajstić information content (AvgIpc) is 2.48. The lowest BCUT2D eigenvalue weighted by atomic mass is 10.1. The van der Waals surface area contributed by atoms with Gasteiger partial charge in [0, 0.05) is 19.3 Å². The van der Waals surface area contributed by atoms with Gasteiger partial charge in [0.25, 0.3) is 0 Å². The summed E-state index contributed by atoms with van der Waals surface area (Å²) in [7, 11) is 0. The van der Waals surface area contributed by atoms with Crippen molar-refractivity contribution in [3.63, 3.8) is 0 Å². The SMILES string of the molecule is O=C(Nc1c(F)cccc1F)N(CC(F)(F)F)C1CCOCC1. The molecule has 2 amide bonds. The fraction of sp³-hybridized carbons (Fsp3) is 0.500. The maximum absolute atomic E-state index is 13.5. The van der Waals surface area contributed by atoms with E-state index in [4.69, 9.17) is 4.74 Å². The number of anilines is 1. The molecule has 0 aliphatic carbocycles. The van der Waals surface area contributed by atoms with Crippen LogP contribution >= 0.6 is 0 Å². The first-order valence-corrected chi connectivity index (χ1v) is 6.94. The number of carbonyl (C=O) groups excluding carboxylic acids is 1. The van der Waals surface area contributed by atoms with E-state index < -0.39 is 42.1 Å². The van der Waals surface area contributed by atoms with E-state index in [0.29, 0.717) is 4.90 Å². The van der Waals surface area contributed by atoms with Crippen molar-refractivity contribution in [2.45, 2.75) is 25.1 Å². The second kappa shape index (κ2) is 7.12.